The van der Waals surface area contributed by atoms with Crippen LogP contribution >= 0.6 is 23.2 Å². The molecule has 2 aromatic heterocycles. The van der Waals surface area contributed by atoms with Gasteiger partial charge in [-0.1, -0.05) is 24.3 Å². The zero-order valence-electron chi connectivity index (χ0n) is 48.1. The van der Waals surface area contributed by atoms with Crippen molar-refractivity contribution in [2.24, 2.45) is 20.5 Å². The van der Waals surface area contributed by atoms with E-state index in [4.69, 9.17) is 23.2 Å². The van der Waals surface area contributed by atoms with Crippen LogP contribution in [-0.2, 0) is 81.5 Å². The number of thiol groups is 1. The Morgan fingerprint density at radius 1 is 0.455 bits per heavy atom. The van der Waals surface area contributed by atoms with Crippen molar-refractivity contribution in [2.75, 3.05) is 27.4 Å². The number of phenols is 2. The van der Waals surface area contributed by atoms with Crippen LogP contribution in [0.4, 0.5) is 69.3 Å². The molecule has 0 atom stereocenters. The van der Waals surface area contributed by atoms with Gasteiger partial charge in [0.25, 0.3) is 70.8 Å². The van der Waals surface area contributed by atoms with Crippen molar-refractivity contribution in [1.29, 1.82) is 0 Å². The summed E-state index contributed by atoms with van der Waals surface area (Å²) in [4.78, 5) is 17.5. The van der Waals surface area contributed by atoms with Crippen LogP contribution in [0.3, 0.4) is 0 Å². The van der Waals surface area contributed by atoms with Gasteiger partial charge in [0.15, 0.2) is 22.2 Å². The molecule has 10 rings (SSSR count). The van der Waals surface area contributed by atoms with Crippen molar-refractivity contribution >= 4 is 206 Å². The quantitative estimate of drug-likeness (QED) is 0.0183. The number of phenolic OH excluding ortho intramolecular Hbond substituents is 2. The Balaban J connectivity index is 1.05. The monoisotopic (exact) mass is 1560 g/mol. The second-order valence-electron chi connectivity index (χ2n) is 19.8. The molecule has 99 heavy (non-hydrogen) atoms. The fourth-order valence-electron chi connectivity index (χ4n) is 9.53. The normalized spacial score (nSPS) is 12.9. The highest BCUT2D eigenvalue weighted by molar-refractivity contribution is 7.87. The van der Waals surface area contributed by atoms with Crippen LogP contribution in [0.25, 0.3) is 32.3 Å². The molecule has 0 radical (unpaired) electrons. The van der Waals surface area contributed by atoms with Gasteiger partial charge in [0.2, 0.25) is 34.4 Å². The molecule has 49 heteroatoms. The maximum absolute atomic E-state index is 13.1. The summed E-state index contributed by atoms with van der Waals surface area (Å²) in [6.07, 6.45) is 0. The predicted molar refractivity (Wildman–Crippen MR) is 346 cm³/mol. The molecule has 0 fully saturated rings. The lowest BCUT2D eigenvalue weighted by Gasteiger charge is -2.22. The number of anilines is 8. The first-order chi connectivity index (χ1) is 45.9. The summed E-state index contributed by atoms with van der Waals surface area (Å²) in [5, 5.41) is 41.2. The minimum Gasteiger partial charge on any atom is -0.505 e. The first-order valence-corrected chi connectivity index (χ1v) is 38.1. The van der Waals surface area contributed by atoms with Gasteiger partial charge in [-0.15, -0.1) is 20.5 Å². The fraction of sp³-hybridized carbons (Fsp3) is 0.0400. The number of nitrogens with zero attached hydrogens (tertiary/aromatic N) is 11. The number of rotatable bonds is 21. The van der Waals surface area contributed by atoms with Crippen LogP contribution in [0.15, 0.2) is 169 Å². The summed E-state index contributed by atoms with van der Waals surface area (Å²) in [7, 11) is -40.7. The first kappa shape index (κ1) is 72.2. The largest absolute Gasteiger partial charge is 0.505 e. The van der Waals surface area contributed by atoms with Gasteiger partial charge in [-0.05, 0) is 126 Å². The third-order valence-electron chi connectivity index (χ3n) is 13.5. The number of fused-ring (bicyclic) bond motifs is 3. The number of hydrogen-bond acceptors (Lipinski definition) is 32. The average Bonchev–Trinajstić information content (AvgIpc) is 0.758. The van der Waals surface area contributed by atoms with E-state index in [-0.39, 0.29) is 28.8 Å². The van der Waals surface area contributed by atoms with E-state index in [1.165, 1.54) is 29.2 Å². The SMILES string of the molecule is CCN(c1cccc([SH](=O)=O)c1)c1nc(Cl)nc(Nc2cc(S(=O)(=O)O)cc3cc(S(=O)(=O)O)c(/N=N/c4cc(Nc5nc(Cl)nc(Nc6cc(S(=O)(=O)O)cc7cc(S(=O)(=O)O)c(/N=N/c8ccc9c(S(=O)(=O)O)cccc9c8S(=O)(=O)O)c(O)c67)n5)ccc4S(=O)(=O)O)c(O)c23)n1. The second kappa shape index (κ2) is 26.3. The zero-order chi connectivity index (χ0) is 72.6. The van der Waals surface area contributed by atoms with Gasteiger partial charge in [-0.3, -0.25) is 31.9 Å². The number of aromatic nitrogens is 6. The molecule has 0 unspecified atom stereocenters. The summed E-state index contributed by atoms with van der Waals surface area (Å²) < 4.78 is 273. The third kappa shape index (κ3) is 15.5. The van der Waals surface area contributed by atoms with Gasteiger partial charge >= 0.3 is 0 Å². The van der Waals surface area contributed by atoms with E-state index >= 15 is 0 Å². The highest BCUT2D eigenvalue weighted by atomic mass is 35.5. The number of aromatic hydroxyl groups is 2. The number of halogens is 2. The molecule has 10 aromatic rings. The average molecular weight is 1560 g/mol. The Morgan fingerprint density at radius 3 is 1.42 bits per heavy atom. The number of hydrogen-bond donors (Lipinski definition) is 13. The molecule has 2 heterocycles. The predicted octanol–water partition coefficient (Wildman–Crippen LogP) is 8.15. The Hall–Kier alpha value is -9.54. The topological polar surface area (TPSA) is 621 Å². The van der Waals surface area contributed by atoms with Gasteiger partial charge in [-0.2, -0.15) is 88.8 Å². The Bertz CT molecular complexity index is 6180. The molecule has 0 aliphatic rings. The summed E-state index contributed by atoms with van der Waals surface area (Å²) in [6.45, 7) is 1.67. The summed E-state index contributed by atoms with van der Waals surface area (Å²) in [5.41, 5.74) is -5.74. The minimum absolute atomic E-state index is 0.0534. The molecule has 39 nitrogen and oxygen atoms in total. The molecular weight excluding hydrogens is 1520 g/mol. The van der Waals surface area contributed by atoms with E-state index in [0.29, 0.717) is 42.5 Å². The van der Waals surface area contributed by atoms with Crippen LogP contribution in [0.5, 0.6) is 11.5 Å². The molecule has 0 saturated heterocycles. The molecule has 12 N–H and O–H groups in total. The van der Waals surface area contributed by atoms with Crippen LogP contribution < -0.4 is 20.9 Å². The Morgan fingerprint density at radius 2 is 0.939 bits per heavy atom. The molecule has 0 amide bonds. The van der Waals surface area contributed by atoms with Crippen molar-refractivity contribution in [1.82, 2.24) is 29.9 Å². The van der Waals surface area contributed by atoms with E-state index < -0.39 is 222 Å². The smallest absolute Gasteiger partial charge is 0.297 e. The Labute approximate surface area is 566 Å². The molecule has 0 bridgehead atoms. The van der Waals surface area contributed by atoms with Crippen molar-refractivity contribution in [3.8, 4) is 11.5 Å². The van der Waals surface area contributed by atoms with E-state index in [0.717, 1.165) is 42.5 Å². The van der Waals surface area contributed by atoms with E-state index in [2.05, 4.69) is 66.3 Å². The molecule has 0 saturated carbocycles. The standard InChI is InChI=1S/C50H36Cl2N14O25S8/c1-2-66(24-5-3-6-25(18-24)92(69)70)50-59-46(52)58-49(61-50)55-33-20-27(94(74,75)76)14-22-16-37(98(86,87)88)41(43(68)39(22)33)65-63-31-17-23(9-12-35(31)96(80,81)82)53-47-56-45(51)57-48(60-47)54-32-19-26(93(71,72)73)13-21-15-36(97(83,84)85)40(42(67)38(21)32)64-62-30-11-10-28-29(44(30)99(89,90)91)7-4-8-34(28)95(77,78)79/h3-20,67-68,92H,2H2,1H3,(H,71,72,73)(H,74,75,76)(H,77,78,79)(H,80,81,82)(H,83,84,85)(H,86,87,88)(H,89,90,91)(H,55,58,59,61)(H2,53,54,56,57,60)/b64-62+,65-63+. The second-order valence-corrected chi connectivity index (χ2v) is 31.3. The molecule has 0 aliphatic heterocycles. The van der Waals surface area contributed by atoms with Gasteiger partial charge in [0.1, 0.15) is 47.2 Å². The zero-order valence-corrected chi connectivity index (χ0v) is 56.3. The maximum Gasteiger partial charge on any atom is 0.297 e. The lowest BCUT2D eigenvalue weighted by Crippen LogP contribution is -2.20. The van der Waals surface area contributed by atoms with Crippen molar-refractivity contribution in [3.63, 3.8) is 0 Å². The van der Waals surface area contributed by atoms with Gasteiger partial charge < -0.3 is 31.1 Å². The van der Waals surface area contributed by atoms with Gasteiger partial charge in [0, 0.05) is 39.5 Å². The maximum atomic E-state index is 13.1. The van der Waals surface area contributed by atoms with E-state index in [1.54, 1.807) is 6.92 Å². The lowest BCUT2D eigenvalue weighted by molar-refractivity contribution is 0.471. The molecule has 8 aromatic carbocycles. The number of benzene rings is 8. The molecule has 0 aliphatic carbocycles. The molecular formula is C50H36Cl2N14O25S8. The number of nitrogens with one attached hydrogen (secondary N) is 3. The highest BCUT2D eigenvalue weighted by Crippen LogP contribution is 2.49. The highest BCUT2D eigenvalue weighted by Gasteiger charge is 2.31. The Kier molecular flexibility index (Phi) is 19.2. The molecule has 518 valence electrons. The van der Waals surface area contributed by atoms with Crippen molar-refractivity contribution < 1.29 is 109 Å². The summed E-state index contributed by atoms with van der Waals surface area (Å²) in [6, 6.07) is 15.8. The van der Waals surface area contributed by atoms with Crippen molar-refractivity contribution in [2.45, 2.75) is 46.1 Å². The lowest BCUT2D eigenvalue weighted by atomic mass is 10.1. The van der Waals surface area contributed by atoms with Crippen LogP contribution in [0, 0.1) is 0 Å². The van der Waals surface area contributed by atoms with E-state index in [9.17, 15) is 109 Å². The van der Waals surface area contributed by atoms with E-state index in [1.807, 2.05) is 0 Å². The van der Waals surface area contributed by atoms with Crippen LogP contribution in [0.1, 0.15) is 6.92 Å². The first-order valence-electron chi connectivity index (χ1n) is 26.1. The van der Waals surface area contributed by atoms with Gasteiger partial charge in [-0.25, -0.2) is 8.42 Å². The van der Waals surface area contributed by atoms with Gasteiger partial charge in [0.05, 0.1) is 26.1 Å². The van der Waals surface area contributed by atoms with Crippen LogP contribution in [0.2, 0.25) is 10.6 Å². The fourth-order valence-corrected chi connectivity index (χ4v) is 14.8. The van der Waals surface area contributed by atoms with Crippen LogP contribution in [-0.4, -0.2) is 146 Å². The minimum atomic E-state index is -5.62. The summed E-state index contributed by atoms with van der Waals surface area (Å²) in [5.74, 6) is -4.87. The van der Waals surface area contributed by atoms with Crippen molar-refractivity contribution in [3.05, 3.63) is 120 Å². The number of azo groups is 2. The third-order valence-corrected chi connectivity index (χ3v) is 20.7. The summed E-state index contributed by atoms with van der Waals surface area (Å²) >= 11 is 12.6. The molecule has 0 spiro atoms.